The molecule has 0 aliphatic heterocycles. The lowest BCUT2D eigenvalue weighted by atomic mass is 9.95. The molecule has 4 nitrogen and oxygen atoms in total. The van der Waals surface area contributed by atoms with E-state index in [1.54, 1.807) is 0 Å². The predicted octanol–water partition coefficient (Wildman–Crippen LogP) is 3.82. The van der Waals surface area contributed by atoms with E-state index in [0.717, 1.165) is 5.69 Å². The Hall–Kier alpha value is -2.36. The summed E-state index contributed by atoms with van der Waals surface area (Å²) in [7, 11) is 0. The van der Waals surface area contributed by atoms with Crippen LogP contribution < -0.4 is 10.6 Å². The molecule has 0 aliphatic carbocycles. The molecule has 2 amide bonds. The second kappa shape index (κ2) is 7.77. The number of hydrogen-bond donors (Lipinski definition) is 2. The summed E-state index contributed by atoms with van der Waals surface area (Å²) >= 11 is 0. The number of carbonyl (C=O) groups excluding carboxylic acids is 2. The van der Waals surface area contributed by atoms with Crippen LogP contribution in [0.5, 0.6) is 0 Å². The van der Waals surface area contributed by atoms with Crippen LogP contribution in [0.25, 0.3) is 10.8 Å². The molecule has 0 radical (unpaired) electrons. The van der Waals surface area contributed by atoms with E-state index in [9.17, 15) is 9.59 Å². The molecule has 0 saturated heterocycles. The van der Waals surface area contributed by atoms with Gasteiger partial charge in [-0.2, -0.15) is 0 Å². The highest BCUT2D eigenvalue weighted by molar-refractivity contribution is 5.96. The molecule has 122 valence electrons. The Morgan fingerprint density at radius 2 is 1.78 bits per heavy atom. The summed E-state index contributed by atoms with van der Waals surface area (Å²) in [6.07, 6.45) is 1.42. The fourth-order valence-corrected chi connectivity index (χ4v) is 2.77. The van der Waals surface area contributed by atoms with Crippen molar-refractivity contribution >= 4 is 28.8 Å². The molecule has 0 fully saturated rings. The number of fused-ring (bicyclic) bond motifs is 1. The molecule has 4 heteroatoms. The maximum Gasteiger partial charge on any atom is 0.226 e. The molecule has 0 spiro atoms. The first kappa shape index (κ1) is 17.0. The Bertz CT molecular complexity index is 695. The predicted molar refractivity (Wildman–Crippen MR) is 94.6 cm³/mol. The molecule has 23 heavy (non-hydrogen) atoms. The minimum atomic E-state index is -0.242. The quantitative estimate of drug-likeness (QED) is 0.764. The summed E-state index contributed by atoms with van der Waals surface area (Å²) in [6, 6.07) is 12.8. The van der Waals surface area contributed by atoms with Crippen LogP contribution in [0.1, 0.15) is 45.1 Å². The summed E-state index contributed by atoms with van der Waals surface area (Å²) in [6.45, 7) is 6.44. The van der Waals surface area contributed by atoms with Gasteiger partial charge in [0.1, 0.15) is 0 Å². The van der Waals surface area contributed by atoms with Crippen molar-refractivity contribution in [1.29, 1.82) is 0 Å². The van der Waals surface area contributed by atoms with Gasteiger partial charge in [-0.3, -0.25) is 14.9 Å². The van der Waals surface area contributed by atoms with Gasteiger partial charge in [-0.15, -0.1) is 0 Å². The Balaban J connectivity index is 2.16. The van der Waals surface area contributed by atoms with Gasteiger partial charge in [0.2, 0.25) is 12.3 Å². The molecule has 0 bridgehead atoms. The number of amides is 2. The van der Waals surface area contributed by atoms with E-state index < -0.39 is 0 Å². The molecule has 2 rings (SSSR count). The van der Waals surface area contributed by atoms with Crippen molar-refractivity contribution in [1.82, 2.24) is 5.32 Å². The summed E-state index contributed by atoms with van der Waals surface area (Å²) in [4.78, 5) is 21.6. The summed E-state index contributed by atoms with van der Waals surface area (Å²) in [5.74, 6) is 0.229. The molecule has 2 N–H and O–H groups in total. The Morgan fingerprint density at radius 1 is 1.09 bits per heavy atom. The van der Waals surface area contributed by atoms with Crippen molar-refractivity contribution in [2.24, 2.45) is 0 Å². The minimum absolute atomic E-state index is 0.140. The van der Waals surface area contributed by atoms with Crippen LogP contribution in [-0.4, -0.2) is 18.4 Å². The van der Waals surface area contributed by atoms with Gasteiger partial charge in [0.25, 0.3) is 0 Å². The fourth-order valence-electron chi connectivity index (χ4n) is 2.77. The Kier molecular flexibility index (Phi) is 5.74. The molecule has 0 aliphatic rings. The van der Waals surface area contributed by atoms with E-state index in [0.29, 0.717) is 25.2 Å². The van der Waals surface area contributed by atoms with Crippen molar-refractivity contribution in [2.45, 2.75) is 45.6 Å². The molecule has 1 atom stereocenters. The number of carbonyl (C=O) groups is 2. The second-order valence-electron chi connectivity index (χ2n) is 6.17. The highest BCUT2D eigenvalue weighted by atomic mass is 16.2. The molecular formula is C19H24N2O2. The van der Waals surface area contributed by atoms with Crippen LogP contribution in [0.15, 0.2) is 36.4 Å². The third-order valence-electron chi connectivity index (χ3n) is 4.01. The number of anilines is 1. The maximum absolute atomic E-state index is 11.4. The third kappa shape index (κ3) is 4.31. The SMILES string of the molecule is CC(CCC(=O)NC=O)Nc1ccc(C(C)C)c2ccccc12. The highest BCUT2D eigenvalue weighted by Crippen LogP contribution is 2.31. The van der Waals surface area contributed by atoms with Crippen molar-refractivity contribution in [3.05, 3.63) is 42.0 Å². The van der Waals surface area contributed by atoms with Gasteiger partial charge in [-0.25, -0.2) is 0 Å². The lowest BCUT2D eigenvalue weighted by Crippen LogP contribution is -2.24. The molecule has 0 aromatic heterocycles. The van der Waals surface area contributed by atoms with Crippen molar-refractivity contribution in [3.63, 3.8) is 0 Å². The van der Waals surface area contributed by atoms with Crippen molar-refractivity contribution in [3.8, 4) is 0 Å². The van der Waals surface area contributed by atoms with Crippen LogP contribution in [0.2, 0.25) is 0 Å². The van der Waals surface area contributed by atoms with Gasteiger partial charge in [0, 0.05) is 23.5 Å². The van der Waals surface area contributed by atoms with Crippen LogP contribution in [-0.2, 0) is 9.59 Å². The third-order valence-corrected chi connectivity index (χ3v) is 4.01. The van der Waals surface area contributed by atoms with Gasteiger partial charge in [0.05, 0.1) is 0 Å². The molecule has 2 aromatic carbocycles. The standard InChI is InChI=1S/C19H24N2O2/c1-13(2)15-9-10-18(17-7-5-4-6-16(15)17)21-14(3)8-11-19(23)20-12-22/h4-7,9-10,12-14,21H,8,11H2,1-3H3,(H,20,22,23). The van der Waals surface area contributed by atoms with Gasteiger partial charge in [-0.1, -0.05) is 44.2 Å². The second-order valence-corrected chi connectivity index (χ2v) is 6.17. The summed E-state index contributed by atoms with van der Waals surface area (Å²) in [5.41, 5.74) is 2.41. The Labute approximate surface area is 137 Å². The average Bonchev–Trinajstić information content (AvgIpc) is 2.53. The average molecular weight is 312 g/mol. The van der Waals surface area contributed by atoms with Gasteiger partial charge in [-0.05, 0) is 36.3 Å². The van der Waals surface area contributed by atoms with E-state index in [4.69, 9.17) is 0 Å². The van der Waals surface area contributed by atoms with E-state index in [2.05, 4.69) is 54.8 Å². The first-order valence-electron chi connectivity index (χ1n) is 8.04. The van der Waals surface area contributed by atoms with Crippen molar-refractivity contribution in [2.75, 3.05) is 5.32 Å². The van der Waals surface area contributed by atoms with Crippen LogP contribution >= 0.6 is 0 Å². The molecule has 1 unspecified atom stereocenters. The zero-order chi connectivity index (χ0) is 16.8. The Morgan fingerprint density at radius 3 is 2.43 bits per heavy atom. The largest absolute Gasteiger partial charge is 0.382 e. The lowest BCUT2D eigenvalue weighted by molar-refractivity contribution is -0.125. The van der Waals surface area contributed by atoms with E-state index in [1.807, 2.05) is 13.0 Å². The highest BCUT2D eigenvalue weighted by Gasteiger charge is 2.11. The number of imide groups is 1. The maximum atomic E-state index is 11.4. The van der Waals surface area contributed by atoms with Gasteiger partial charge >= 0.3 is 0 Å². The smallest absolute Gasteiger partial charge is 0.226 e. The number of nitrogens with one attached hydrogen (secondary N) is 2. The molecular weight excluding hydrogens is 288 g/mol. The number of rotatable bonds is 7. The minimum Gasteiger partial charge on any atom is -0.382 e. The molecule has 2 aromatic rings. The zero-order valence-corrected chi connectivity index (χ0v) is 13.9. The van der Waals surface area contributed by atoms with E-state index in [-0.39, 0.29) is 11.9 Å². The van der Waals surface area contributed by atoms with E-state index >= 15 is 0 Å². The van der Waals surface area contributed by atoms with Crippen molar-refractivity contribution < 1.29 is 9.59 Å². The first-order valence-corrected chi connectivity index (χ1v) is 8.04. The van der Waals surface area contributed by atoms with Gasteiger partial charge in [0.15, 0.2) is 0 Å². The van der Waals surface area contributed by atoms with E-state index in [1.165, 1.54) is 16.3 Å². The zero-order valence-electron chi connectivity index (χ0n) is 13.9. The first-order chi connectivity index (χ1) is 11.0. The molecule has 0 heterocycles. The van der Waals surface area contributed by atoms with Gasteiger partial charge < -0.3 is 5.32 Å². The number of benzene rings is 2. The fraction of sp³-hybridized carbons (Fsp3) is 0.368. The van der Waals surface area contributed by atoms with Crippen LogP contribution in [0.4, 0.5) is 5.69 Å². The molecule has 0 saturated carbocycles. The summed E-state index contributed by atoms with van der Waals surface area (Å²) in [5, 5.41) is 8.11. The lowest BCUT2D eigenvalue weighted by Gasteiger charge is -2.19. The summed E-state index contributed by atoms with van der Waals surface area (Å²) < 4.78 is 0. The van der Waals surface area contributed by atoms with Crippen LogP contribution in [0.3, 0.4) is 0 Å². The van der Waals surface area contributed by atoms with Crippen LogP contribution in [0, 0.1) is 0 Å². The monoisotopic (exact) mass is 312 g/mol. The topological polar surface area (TPSA) is 58.2 Å². The number of hydrogen-bond acceptors (Lipinski definition) is 3. The normalized spacial score (nSPS) is 12.2.